The SMILES string of the molecule is CC(=O)O.O=C(Cl)Oc1ccccc1. The van der Waals surface area contributed by atoms with E-state index in [0.717, 1.165) is 6.92 Å². The van der Waals surface area contributed by atoms with Crippen molar-refractivity contribution in [3.63, 3.8) is 0 Å². The molecule has 1 rings (SSSR count). The number of carbonyl (C=O) groups excluding carboxylic acids is 1. The van der Waals surface area contributed by atoms with E-state index in [2.05, 4.69) is 4.74 Å². The number of hydrogen-bond donors (Lipinski definition) is 1. The van der Waals surface area contributed by atoms with Crippen LogP contribution < -0.4 is 4.74 Å². The van der Waals surface area contributed by atoms with E-state index in [-0.39, 0.29) is 0 Å². The van der Waals surface area contributed by atoms with Crippen LogP contribution in [0, 0.1) is 0 Å². The summed E-state index contributed by atoms with van der Waals surface area (Å²) in [6.45, 7) is 1.08. The summed E-state index contributed by atoms with van der Waals surface area (Å²) in [5, 5.41) is 7.42. The molecule has 14 heavy (non-hydrogen) atoms. The van der Waals surface area contributed by atoms with Crippen molar-refractivity contribution in [2.75, 3.05) is 0 Å². The molecule has 0 spiro atoms. The number of halogens is 1. The molecule has 76 valence electrons. The second kappa shape index (κ2) is 6.91. The first-order chi connectivity index (χ1) is 6.52. The molecule has 1 aromatic rings. The minimum absolute atomic E-state index is 0.461. The van der Waals surface area contributed by atoms with Gasteiger partial charge in [0, 0.05) is 18.5 Å². The molecule has 0 heterocycles. The van der Waals surface area contributed by atoms with Crippen LogP contribution in [0.2, 0.25) is 0 Å². The fourth-order valence-electron chi connectivity index (χ4n) is 0.581. The highest BCUT2D eigenvalue weighted by molar-refractivity contribution is 6.61. The Bertz CT molecular complexity index is 293. The van der Waals surface area contributed by atoms with E-state index < -0.39 is 11.4 Å². The average molecular weight is 217 g/mol. The lowest BCUT2D eigenvalue weighted by Gasteiger charge is -1.95. The number of carboxylic acids is 1. The monoisotopic (exact) mass is 216 g/mol. The highest BCUT2D eigenvalue weighted by Crippen LogP contribution is 2.09. The highest BCUT2D eigenvalue weighted by atomic mass is 35.5. The van der Waals surface area contributed by atoms with Crippen LogP contribution in [-0.4, -0.2) is 16.5 Å². The first kappa shape index (κ1) is 12.4. The number of carboxylic acid groups (broad SMARTS) is 1. The standard InChI is InChI=1S/C7H5ClO2.C2H4O2/c8-7(9)10-6-4-2-1-3-5-6;1-2(3)4/h1-5H;1H3,(H,3,4). The molecule has 0 fully saturated rings. The Morgan fingerprint density at radius 1 is 1.29 bits per heavy atom. The summed E-state index contributed by atoms with van der Waals surface area (Å²) in [6, 6.07) is 8.65. The topological polar surface area (TPSA) is 63.6 Å². The van der Waals surface area contributed by atoms with E-state index in [1.54, 1.807) is 24.3 Å². The molecule has 0 saturated carbocycles. The van der Waals surface area contributed by atoms with Crippen molar-refractivity contribution in [1.82, 2.24) is 0 Å². The van der Waals surface area contributed by atoms with Crippen molar-refractivity contribution in [2.45, 2.75) is 6.92 Å². The Morgan fingerprint density at radius 3 is 2.07 bits per heavy atom. The lowest BCUT2D eigenvalue weighted by molar-refractivity contribution is -0.134. The van der Waals surface area contributed by atoms with E-state index >= 15 is 0 Å². The number of benzene rings is 1. The predicted molar refractivity (Wildman–Crippen MR) is 51.6 cm³/mol. The van der Waals surface area contributed by atoms with Crippen LogP contribution in [0.25, 0.3) is 0 Å². The third-order valence-electron chi connectivity index (χ3n) is 0.941. The van der Waals surface area contributed by atoms with Crippen LogP contribution in [0.1, 0.15) is 6.92 Å². The lowest BCUT2D eigenvalue weighted by Crippen LogP contribution is -1.94. The number of hydrogen-bond acceptors (Lipinski definition) is 3. The van der Waals surface area contributed by atoms with E-state index in [4.69, 9.17) is 21.5 Å². The molecule has 5 heteroatoms. The molecule has 0 aliphatic carbocycles. The van der Waals surface area contributed by atoms with Gasteiger partial charge in [-0.3, -0.25) is 4.79 Å². The summed E-state index contributed by atoms with van der Waals surface area (Å²) < 4.78 is 4.54. The summed E-state index contributed by atoms with van der Waals surface area (Å²) in [5.41, 5.74) is -0.814. The highest BCUT2D eigenvalue weighted by Gasteiger charge is 1.95. The zero-order valence-corrected chi connectivity index (χ0v) is 8.19. The van der Waals surface area contributed by atoms with Crippen LogP contribution >= 0.6 is 11.6 Å². The third-order valence-corrected chi connectivity index (χ3v) is 1.02. The second-order valence-corrected chi connectivity index (χ2v) is 2.48. The first-order valence-electron chi connectivity index (χ1n) is 3.64. The van der Waals surface area contributed by atoms with Crippen molar-refractivity contribution in [3.8, 4) is 5.75 Å². The van der Waals surface area contributed by atoms with Gasteiger partial charge in [-0.1, -0.05) is 18.2 Å². The Balaban J connectivity index is 0.000000364. The van der Waals surface area contributed by atoms with Crippen LogP contribution in [0.3, 0.4) is 0 Å². The molecule has 0 amide bonds. The fourth-order valence-corrected chi connectivity index (χ4v) is 0.670. The smallest absolute Gasteiger partial charge is 0.409 e. The number of para-hydroxylation sites is 1. The first-order valence-corrected chi connectivity index (χ1v) is 4.02. The molecule has 1 aromatic carbocycles. The predicted octanol–water partition coefficient (Wildman–Crippen LogP) is 2.52. The normalized spacial score (nSPS) is 8.14. The molecule has 0 atom stereocenters. The van der Waals surface area contributed by atoms with Gasteiger partial charge in [-0.15, -0.1) is 0 Å². The molecule has 0 aliphatic heterocycles. The molecular weight excluding hydrogens is 208 g/mol. The second-order valence-electron chi connectivity index (χ2n) is 2.17. The molecule has 0 aliphatic rings. The van der Waals surface area contributed by atoms with Crippen LogP contribution in [0.4, 0.5) is 4.79 Å². The van der Waals surface area contributed by atoms with Gasteiger partial charge in [0.2, 0.25) is 0 Å². The molecule has 0 aromatic heterocycles. The molecule has 0 saturated heterocycles. The van der Waals surface area contributed by atoms with Gasteiger partial charge < -0.3 is 9.84 Å². The van der Waals surface area contributed by atoms with Gasteiger partial charge in [0.25, 0.3) is 5.97 Å². The van der Waals surface area contributed by atoms with Crippen molar-refractivity contribution in [3.05, 3.63) is 30.3 Å². The summed E-state index contributed by atoms with van der Waals surface area (Å²) in [7, 11) is 0. The van der Waals surface area contributed by atoms with Crippen molar-refractivity contribution in [1.29, 1.82) is 0 Å². The molecule has 0 bridgehead atoms. The summed E-state index contributed by atoms with van der Waals surface area (Å²) in [4.78, 5) is 19.2. The minimum atomic E-state index is -0.833. The zero-order chi connectivity index (χ0) is 11.0. The van der Waals surface area contributed by atoms with Crippen molar-refractivity contribution < 1.29 is 19.4 Å². The zero-order valence-electron chi connectivity index (χ0n) is 7.44. The lowest BCUT2D eigenvalue weighted by atomic mass is 10.3. The largest absolute Gasteiger partial charge is 0.481 e. The summed E-state index contributed by atoms with van der Waals surface area (Å²) >= 11 is 4.95. The van der Waals surface area contributed by atoms with Crippen molar-refractivity contribution in [2.24, 2.45) is 0 Å². The Hall–Kier alpha value is -1.55. The van der Waals surface area contributed by atoms with E-state index in [9.17, 15) is 4.79 Å². The van der Waals surface area contributed by atoms with Crippen molar-refractivity contribution >= 4 is 23.0 Å². The molecule has 4 nitrogen and oxygen atoms in total. The van der Waals surface area contributed by atoms with E-state index in [0.29, 0.717) is 5.75 Å². The van der Waals surface area contributed by atoms with Crippen LogP contribution in [0.15, 0.2) is 30.3 Å². The van der Waals surface area contributed by atoms with Crippen LogP contribution in [0.5, 0.6) is 5.75 Å². The van der Waals surface area contributed by atoms with Gasteiger partial charge in [-0.05, 0) is 12.1 Å². The van der Waals surface area contributed by atoms with Gasteiger partial charge in [0.05, 0.1) is 0 Å². The van der Waals surface area contributed by atoms with E-state index in [1.165, 1.54) is 0 Å². The maximum Gasteiger partial charge on any atom is 0.409 e. The molecule has 0 unspecified atom stereocenters. The van der Waals surface area contributed by atoms with Gasteiger partial charge in [-0.2, -0.15) is 0 Å². The number of rotatable bonds is 1. The molecular formula is C9H9ClO4. The maximum absolute atomic E-state index is 10.2. The fraction of sp³-hybridized carbons (Fsp3) is 0.111. The molecule has 1 N–H and O–H groups in total. The number of aliphatic carboxylic acids is 1. The molecule has 0 radical (unpaired) electrons. The van der Waals surface area contributed by atoms with Gasteiger partial charge in [0.1, 0.15) is 5.75 Å². The Labute approximate surface area is 86.1 Å². The third kappa shape index (κ3) is 8.55. The number of carbonyl (C=O) groups is 2. The van der Waals surface area contributed by atoms with E-state index in [1.807, 2.05) is 6.07 Å². The quantitative estimate of drug-likeness (QED) is 0.733. The van der Waals surface area contributed by atoms with Gasteiger partial charge >= 0.3 is 5.43 Å². The van der Waals surface area contributed by atoms with Crippen LogP contribution in [-0.2, 0) is 4.79 Å². The average Bonchev–Trinajstić information content (AvgIpc) is 2.03. The maximum atomic E-state index is 10.2. The summed E-state index contributed by atoms with van der Waals surface area (Å²) in [5.74, 6) is -0.373. The Kier molecular flexibility index (Phi) is 6.15. The minimum Gasteiger partial charge on any atom is -0.481 e. The Morgan fingerprint density at radius 2 is 1.71 bits per heavy atom. The van der Waals surface area contributed by atoms with Gasteiger partial charge in [0.15, 0.2) is 0 Å². The number of ether oxygens (including phenoxy) is 1. The van der Waals surface area contributed by atoms with Gasteiger partial charge in [-0.25, -0.2) is 4.79 Å². The summed E-state index contributed by atoms with van der Waals surface area (Å²) in [6.07, 6.45) is 0.